The number of rotatable bonds is 8. The van der Waals surface area contributed by atoms with E-state index in [9.17, 15) is 18.4 Å². The maximum atomic E-state index is 13.7. The second-order valence-electron chi connectivity index (χ2n) is 12.9. The van der Waals surface area contributed by atoms with Crippen LogP contribution in [-0.4, -0.2) is 61.9 Å². The SMILES string of the molecule is CCOC(=O)c1c(-c2cncc(Br)c2)nc2c(cnn2C)c1NNc1cccc(F)c1.Cn1ncc2c3[nH]n(-c4cccc(F)c4)c(=O)c3c(-c3cncc(Br)c3)nc21.[H-].[Na+]. The van der Waals surface area contributed by atoms with Gasteiger partial charge in [0, 0.05) is 59.0 Å². The van der Waals surface area contributed by atoms with E-state index >= 15 is 0 Å². The van der Waals surface area contributed by atoms with E-state index in [0.29, 0.717) is 72.5 Å². The molecule has 2 aromatic carbocycles. The normalized spacial score (nSPS) is 11.0. The molecule has 0 radical (unpaired) electrons. The molecule has 0 spiro atoms. The van der Waals surface area contributed by atoms with Crippen LogP contribution in [0.2, 0.25) is 0 Å². The van der Waals surface area contributed by atoms with Gasteiger partial charge in [0.05, 0.1) is 69.1 Å². The summed E-state index contributed by atoms with van der Waals surface area (Å²) in [5, 5.41) is 13.3. The Bertz CT molecular complexity index is 3140. The number of nitrogens with zero attached hydrogens (tertiary/aromatic N) is 9. The minimum atomic E-state index is -0.556. The molecule has 298 valence electrons. The van der Waals surface area contributed by atoms with Gasteiger partial charge >= 0.3 is 35.5 Å². The Morgan fingerprint density at radius 2 is 1.40 bits per heavy atom. The van der Waals surface area contributed by atoms with E-state index < -0.39 is 11.8 Å². The van der Waals surface area contributed by atoms with Crippen molar-refractivity contribution in [2.75, 3.05) is 17.5 Å². The Labute approximate surface area is 379 Å². The van der Waals surface area contributed by atoms with Crippen LogP contribution >= 0.6 is 31.9 Å². The van der Waals surface area contributed by atoms with Gasteiger partial charge in [-0.2, -0.15) is 10.2 Å². The Morgan fingerprint density at radius 1 is 0.800 bits per heavy atom. The van der Waals surface area contributed by atoms with Gasteiger partial charge in [0.1, 0.15) is 17.2 Å². The number of fused-ring (bicyclic) bond motifs is 4. The molecule has 0 aliphatic carbocycles. The third-order valence-corrected chi connectivity index (χ3v) is 9.93. The molecule has 9 aromatic rings. The molecule has 0 amide bonds. The number of H-pyrrole nitrogens is 1. The molecule has 0 saturated carbocycles. The molecule has 0 atom stereocenters. The fraction of sp³-hybridized carbons (Fsp3) is 0.100. The number of hydrogen-bond donors (Lipinski definition) is 3. The van der Waals surface area contributed by atoms with Crippen LogP contribution in [-0.2, 0) is 18.8 Å². The number of ether oxygens (including phenoxy) is 1. The van der Waals surface area contributed by atoms with Crippen molar-refractivity contribution in [1.29, 1.82) is 0 Å². The molecule has 9 rings (SSSR count). The zero-order valence-electron chi connectivity index (χ0n) is 33.2. The van der Waals surface area contributed by atoms with Crippen LogP contribution < -0.4 is 46.0 Å². The first-order chi connectivity index (χ1) is 28.5. The number of esters is 1. The molecule has 60 heavy (non-hydrogen) atoms. The Hall–Kier alpha value is -5.86. The van der Waals surface area contributed by atoms with E-state index in [1.807, 2.05) is 12.1 Å². The average molecular weight is 949 g/mol. The molecule has 0 aliphatic heterocycles. The van der Waals surface area contributed by atoms with Crippen LogP contribution in [0.4, 0.5) is 20.2 Å². The number of pyridine rings is 4. The number of hydrogen-bond acceptors (Lipinski definition) is 11. The van der Waals surface area contributed by atoms with E-state index in [-0.39, 0.29) is 54.5 Å². The van der Waals surface area contributed by atoms with Crippen molar-refractivity contribution in [2.24, 2.45) is 14.1 Å². The van der Waals surface area contributed by atoms with Crippen LogP contribution in [0, 0.1) is 11.6 Å². The summed E-state index contributed by atoms with van der Waals surface area (Å²) in [5.41, 5.74) is 11.1. The van der Waals surface area contributed by atoms with Crippen molar-refractivity contribution in [2.45, 2.75) is 6.92 Å². The van der Waals surface area contributed by atoms with E-state index in [2.05, 4.69) is 68.0 Å². The number of carbonyl (C=O) groups excluding carboxylic acids is 1. The number of aryl methyl sites for hydroxylation is 2. The molecule has 20 heteroatoms. The van der Waals surface area contributed by atoms with Crippen LogP contribution in [0.15, 0.2) is 112 Å². The van der Waals surface area contributed by atoms with Crippen molar-refractivity contribution in [3.8, 4) is 28.2 Å². The second-order valence-corrected chi connectivity index (χ2v) is 14.8. The zero-order valence-corrected chi connectivity index (χ0v) is 37.4. The fourth-order valence-corrected chi connectivity index (χ4v) is 7.17. The number of nitrogens with one attached hydrogen (secondary N) is 3. The summed E-state index contributed by atoms with van der Waals surface area (Å²) in [6.45, 7) is 1.92. The van der Waals surface area contributed by atoms with Gasteiger partial charge in [-0.25, -0.2) is 28.2 Å². The van der Waals surface area contributed by atoms with Crippen molar-refractivity contribution >= 4 is 82.2 Å². The summed E-state index contributed by atoms with van der Waals surface area (Å²) < 4.78 is 38.7. The first-order valence-electron chi connectivity index (χ1n) is 17.7. The zero-order chi connectivity index (χ0) is 41.4. The summed E-state index contributed by atoms with van der Waals surface area (Å²) in [5.74, 6) is -1.37. The van der Waals surface area contributed by atoms with E-state index in [1.165, 1.54) is 28.9 Å². The van der Waals surface area contributed by atoms with Gasteiger partial charge in [-0.15, -0.1) is 0 Å². The number of aromatic nitrogens is 10. The number of aromatic amines is 1. The molecule has 0 saturated heterocycles. The van der Waals surface area contributed by atoms with Crippen LogP contribution in [0.5, 0.6) is 0 Å². The van der Waals surface area contributed by atoms with Gasteiger partial charge in [0.15, 0.2) is 11.3 Å². The smallest absolute Gasteiger partial charge is 1.00 e. The summed E-state index contributed by atoms with van der Waals surface area (Å²) in [7, 11) is 3.54. The maximum absolute atomic E-state index is 13.7. The first-order valence-corrected chi connectivity index (χ1v) is 19.3. The van der Waals surface area contributed by atoms with Crippen molar-refractivity contribution in [1.82, 2.24) is 49.3 Å². The minimum Gasteiger partial charge on any atom is -1.00 e. The summed E-state index contributed by atoms with van der Waals surface area (Å²) in [6.07, 6.45) is 9.81. The molecule has 7 heterocycles. The standard InChI is InChI=1S/C21H18BrFN6O2.C19H12BrFN6O.Na.H/c1-3-31-21(30)17-18(12-7-13(22)10-24-9-12)26-20-16(11-25-29(20)2)19(17)28-27-15-6-4-5-14(23)8-15;1-26-18-14(9-23-26)17-15(16(24-18)10-5-11(20)8-22-7-10)19(28)27(25-17)13-4-2-3-12(21)6-13;;/h4-11,27H,3H2,1-2H3,(H,26,28);2-9,25H,1H3;;/q;;+1;-1. The van der Waals surface area contributed by atoms with Crippen molar-refractivity contribution < 1.29 is 49.3 Å². The van der Waals surface area contributed by atoms with Gasteiger partial charge < -0.3 is 11.6 Å². The Balaban J connectivity index is 0.000000198. The second kappa shape index (κ2) is 17.8. The molecule has 3 N–H and O–H groups in total. The summed E-state index contributed by atoms with van der Waals surface area (Å²) in [4.78, 5) is 44.0. The molecule has 0 aliphatic rings. The van der Waals surface area contributed by atoms with E-state index in [1.54, 1.807) is 91.8 Å². The van der Waals surface area contributed by atoms with Gasteiger partial charge in [-0.1, -0.05) is 12.1 Å². The molecule has 7 aromatic heterocycles. The van der Waals surface area contributed by atoms with Gasteiger partial charge in [-0.3, -0.25) is 34.7 Å². The third kappa shape index (κ3) is 8.30. The largest absolute Gasteiger partial charge is 1.00 e. The number of halogens is 4. The predicted octanol–water partition coefficient (Wildman–Crippen LogP) is 5.23. The van der Waals surface area contributed by atoms with Crippen LogP contribution in [0.3, 0.4) is 0 Å². The number of benzene rings is 2. The van der Waals surface area contributed by atoms with Gasteiger partial charge in [-0.05, 0) is 87.3 Å². The molecule has 15 nitrogen and oxygen atoms in total. The first kappa shape index (κ1) is 42.3. The Morgan fingerprint density at radius 3 is 2.03 bits per heavy atom. The van der Waals surface area contributed by atoms with Crippen LogP contribution in [0.1, 0.15) is 18.7 Å². The summed E-state index contributed by atoms with van der Waals surface area (Å²) in [6, 6.07) is 15.4. The topological polar surface area (TPSA) is 175 Å². The van der Waals surface area contributed by atoms with Crippen molar-refractivity contribution in [3.05, 3.63) is 134 Å². The quantitative estimate of drug-likeness (QED) is 0.103. The van der Waals surface area contributed by atoms with Crippen molar-refractivity contribution in [3.63, 3.8) is 0 Å². The van der Waals surface area contributed by atoms with Gasteiger partial charge in [0.25, 0.3) is 5.56 Å². The van der Waals surface area contributed by atoms with Gasteiger partial charge in [0.2, 0.25) is 0 Å². The number of hydrazine groups is 1. The number of anilines is 2. The molecule has 0 bridgehead atoms. The average Bonchev–Trinajstić information content (AvgIpc) is 3.90. The predicted molar refractivity (Wildman–Crippen MR) is 227 cm³/mol. The molecular formula is C40H31Br2F2N12NaO3. The minimum absolute atomic E-state index is 0. The monoisotopic (exact) mass is 946 g/mol. The molecule has 0 unspecified atom stereocenters. The van der Waals surface area contributed by atoms with Crippen LogP contribution in [0.25, 0.3) is 61.2 Å². The third-order valence-electron chi connectivity index (χ3n) is 9.06. The molecular weight excluding hydrogens is 917 g/mol. The van der Waals surface area contributed by atoms with E-state index in [4.69, 9.17) is 14.7 Å². The summed E-state index contributed by atoms with van der Waals surface area (Å²) >= 11 is 6.82. The Kier molecular flexibility index (Phi) is 12.5. The maximum Gasteiger partial charge on any atom is 1.00 e. The van der Waals surface area contributed by atoms with E-state index in [0.717, 1.165) is 8.95 Å². The number of carbonyl (C=O) groups is 1. The molecule has 0 fully saturated rings. The fourth-order valence-electron chi connectivity index (χ4n) is 6.44.